The molecule has 2 nitrogen and oxygen atoms in total. The van der Waals surface area contributed by atoms with Gasteiger partial charge in [0.25, 0.3) is 0 Å². The summed E-state index contributed by atoms with van der Waals surface area (Å²) < 4.78 is 0. The van der Waals surface area contributed by atoms with Gasteiger partial charge in [0.05, 0.1) is 5.02 Å². The number of nitrogens with one attached hydrogen (secondary N) is 2. The zero-order chi connectivity index (χ0) is 12.8. The molecule has 0 aliphatic heterocycles. The van der Waals surface area contributed by atoms with Gasteiger partial charge in [0.2, 0.25) is 0 Å². The van der Waals surface area contributed by atoms with Crippen molar-refractivity contribution in [3.8, 4) is 0 Å². The fourth-order valence-corrected chi connectivity index (χ4v) is 2.71. The fraction of sp³-hybridized carbons (Fsp3) is 0.286. The Labute approximate surface area is 117 Å². The van der Waals surface area contributed by atoms with Crippen molar-refractivity contribution >= 4 is 34.3 Å². The number of fused-ring (bicyclic) bond motifs is 1. The lowest BCUT2D eigenvalue weighted by Crippen LogP contribution is -2.17. The quantitative estimate of drug-likeness (QED) is 0.596. The number of benzene rings is 1. The highest BCUT2D eigenvalue weighted by molar-refractivity contribution is 7.99. The molecule has 2 rings (SSSR count). The van der Waals surface area contributed by atoms with Gasteiger partial charge in [0, 0.05) is 41.2 Å². The lowest BCUT2D eigenvalue weighted by molar-refractivity contribution is 0.720. The predicted octanol–water partition coefficient (Wildman–Crippen LogP) is 3.83. The van der Waals surface area contributed by atoms with Crippen LogP contribution in [-0.2, 0) is 6.54 Å². The standard InChI is InChI=1S/C14H17ClN2S/c1-2-8-18-9-7-16-10-13-14(15)11-5-3-4-6-12(11)17-13/h2-6,16-17H,1,7-10H2. The van der Waals surface area contributed by atoms with Crippen LogP contribution in [0, 0.1) is 0 Å². The monoisotopic (exact) mass is 280 g/mol. The molecule has 0 saturated carbocycles. The first kappa shape index (κ1) is 13.5. The minimum Gasteiger partial charge on any atom is -0.356 e. The highest BCUT2D eigenvalue weighted by Crippen LogP contribution is 2.26. The molecular weight excluding hydrogens is 264 g/mol. The van der Waals surface area contributed by atoms with Crippen LogP contribution in [0.1, 0.15) is 5.69 Å². The molecule has 0 amide bonds. The maximum Gasteiger partial charge on any atom is 0.0705 e. The zero-order valence-corrected chi connectivity index (χ0v) is 11.8. The van der Waals surface area contributed by atoms with Crippen LogP contribution >= 0.6 is 23.4 Å². The zero-order valence-electron chi connectivity index (χ0n) is 10.2. The number of rotatable bonds is 7. The Morgan fingerprint density at radius 2 is 2.22 bits per heavy atom. The third-order valence-corrected chi connectivity index (χ3v) is 4.07. The van der Waals surface area contributed by atoms with E-state index in [1.54, 1.807) is 0 Å². The highest BCUT2D eigenvalue weighted by Gasteiger charge is 2.07. The largest absolute Gasteiger partial charge is 0.356 e. The molecule has 96 valence electrons. The average Bonchev–Trinajstić information content (AvgIpc) is 2.71. The molecule has 2 aromatic rings. The van der Waals surface area contributed by atoms with Crippen molar-refractivity contribution in [2.45, 2.75) is 6.54 Å². The summed E-state index contributed by atoms with van der Waals surface area (Å²) in [7, 11) is 0. The number of para-hydroxylation sites is 1. The molecule has 0 saturated heterocycles. The van der Waals surface area contributed by atoms with Gasteiger partial charge in [-0.1, -0.05) is 35.9 Å². The molecule has 2 N–H and O–H groups in total. The third kappa shape index (κ3) is 3.31. The lowest BCUT2D eigenvalue weighted by Gasteiger charge is -2.03. The summed E-state index contributed by atoms with van der Waals surface area (Å²) in [5, 5.41) is 5.32. The Morgan fingerprint density at radius 1 is 1.39 bits per heavy atom. The molecule has 0 radical (unpaired) electrons. The van der Waals surface area contributed by atoms with Gasteiger partial charge in [0.1, 0.15) is 0 Å². The first-order chi connectivity index (χ1) is 8.83. The van der Waals surface area contributed by atoms with Crippen molar-refractivity contribution in [3.63, 3.8) is 0 Å². The van der Waals surface area contributed by atoms with Crippen LogP contribution in [0.15, 0.2) is 36.9 Å². The molecule has 0 unspecified atom stereocenters. The van der Waals surface area contributed by atoms with Crippen LogP contribution in [0.2, 0.25) is 5.02 Å². The molecule has 0 atom stereocenters. The summed E-state index contributed by atoms with van der Waals surface area (Å²) in [6.45, 7) is 5.45. The van der Waals surface area contributed by atoms with Gasteiger partial charge in [0.15, 0.2) is 0 Å². The Morgan fingerprint density at radius 3 is 3.00 bits per heavy atom. The Kier molecular flexibility index (Phi) is 5.17. The van der Waals surface area contributed by atoms with Gasteiger partial charge in [-0.3, -0.25) is 0 Å². The van der Waals surface area contributed by atoms with E-state index in [2.05, 4.69) is 16.9 Å². The minimum atomic E-state index is 0.780. The second-order valence-electron chi connectivity index (χ2n) is 4.00. The summed E-state index contributed by atoms with van der Waals surface area (Å²) in [5.41, 5.74) is 2.16. The summed E-state index contributed by atoms with van der Waals surface area (Å²) in [6.07, 6.45) is 1.93. The molecule has 0 aliphatic carbocycles. The van der Waals surface area contributed by atoms with Crippen molar-refractivity contribution in [1.82, 2.24) is 10.3 Å². The number of thioether (sulfide) groups is 1. The van der Waals surface area contributed by atoms with Gasteiger partial charge < -0.3 is 10.3 Å². The number of aromatic amines is 1. The van der Waals surface area contributed by atoms with E-state index in [9.17, 15) is 0 Å². The lowest BCUT2D eigenvalue weighted by atomic mass is 10.2. The van der Waals surface area contributed by atoms with Crippen molar-refractivity contribution < 1.29 is 0 Å². The molecule has 1 aromatic carbocycles. The van der Waals surface area contributed by atoms with Crippen LogP contribution in [0.4, 0.5) is 0 Å². The molecule has 1 aromatic heterocycles. The van der Waals surface area contributed by atoms with Crippen LogP contribution in [0.25, 0.3) is 10.9 Å². The van der Waals surface area contributed by atoms with Gasteiger partial charge in [-0.05, 0) is 6.07 Å². The number of halogens is 1. The molecule has 0 fully saturated rings. The Balaban J connectivity index is 1.88. The number of hydrogen-bond acceptors (Lipinski definition) is 2. The average molecular weight is 281 g/mol. The summed E-state index contributed by atoms with van der Waals surface area (Å²) in [6, 6.07) is 8.10. The molecule has 0 spiro atoms. The molecule has 0 aliphatic rings. The molecule has 1 heterocycles. The molecule has 4 heteroatoms. The maximum atomic E-state index is 6.33. The van der Waals surface area contributed by atoms with E-state index < -0.39 is 0 Å². The molecular formula is C14H17ClN2S. The summed E-state index contributed by atoms with van der Waals surface area (Å²) in [4.78, 5) is 3.35. The number of aromatic nitrogens is 1. The molecule has 0 bridgehead atoms. The maximum absolute atomic E-state index is 6.33. The van der Waals surface area contributed by atoms with Gasteiger partial charge in [-0.15, -0.1) is 6.58 Å². The van der Waals surface area contributed by atoms with Crippen molar-refractivity contribution in [2.24, 2.45) is 0 Å². The second-order valence-corrected chi connectivity index (χ2v) is 5.53. The van der Waals surface area contributed by atoms with Gasteiger partial charge in [-0.25, -0.2) is 0 Å². The third-order valence-electron chi connectivity index (χ3n) is 2.67. The van der Waals surface area contributed by atoms with Gasteiger partial charge >= 0.3 is 0 Å². The van der Waals surface area contributed by atoms with E-state index in [0.717, 1.165) is 46.2 Å². The highest BCUT2D eigenvalue weighted by atomic mass is 35.5. The number of hydrogen-bond donors (Lipinski definition) is 2. The van der Waals surface area contributed by atoms with Crippen LogP contribution in [0.5, 0.6) is 0 Å². The van der Waals surface area contributed by atoms with Crippen LogP contribution in [-0.4, -0.2) is 23.0 Å². The second kappa shape index (κ2) is 6.88. The smallest absolute Gasteiger partial charge is 0.0705 e. The summed E-state index contributed by atoms with van der Waals surface area (Å²) >= 11 is 8.20. The van der Waals surface area contributed by atoms with Crippen molar-refractivity contribution in [1.29, 1.82) is 0 Å². The van der Waals surface area contributed by atoms with Crippen LogP contribution in [0.3, 0.4) is 0 Å². The van der Waals surface area contributed by atoms with E-state index in [-0.39, 0.29) is 0 Å². The Bertz CT molecular complexity index is 521. The van der Waals surface area contributed by atoms with Crippen molar-refractivity contribution in [3.05, 3.63) is 47.6 Å². The van der Waals surface area contributed by atoms with E-state index in [0.29, 0.717) is 0 Å². The topological polar surface area (TPSA) is 27.8 Å². The fourth-order valence-electron chi connectivity index (χ4n) is 1.81. The predicted molar refractivity (Wildman–Crippen MR) is 82.5 cm³/mol. The van der Waals surface area contributed by atoms with Gasteiger partial charge in [-0.2, -0.15) is 11.8 Å². The minimum absolute atomic E-state index is 0.780. The SMILES string of the molecule is C=CCSCCNCc1[nH]c2ccccc2c1Cl. The van der Waals surface area contributed by atoms with E-state index in [4.69, 9.17) is 11.6 Å². The van der Waals surface area contributed by atoms with E-state index >= 15 is 0 Å². The first-order valence-corrected chi connectivity index (χ1v) is 7.50. The summed E-state index contributed by atoms with van der Waals surface area (Å²) in [5.74, 6) is 2.10. The van der Waals surface area contributed by atoms with E-state index in [1.165, 1.54) is 0 Å². The first-order valence-electron chi connectivity index (χ1n) is 5.97. The Hall–Kier alpha value is -0.900. The van der Waals surface area contributed by atoms with E-state index in [1.807, 2.05) is 42.1 Å². The van der Waals surface area contributed by atoms with Crippen LogP contribution < -0.4 is 5.32 Å². The number of H-pyrrole nitrogens is 1. The normalized spacial score (nSPS) is 10.9. The molecule has 18 heavy (non-hydrogen) atoms. The van der Waals surface area contributed by atoms with Crippen molar-refractivity contribution in [2.75, 3.05) is 18.1 Å².